The van der Waals surface area contributed by atoms with E-state index in [0.717, 1.165) is 35.3 Å². The average Bonchev–Trinajstić information content (AvgIpc) is 3.54. The molecule has 0 aliphatic rings. The number of imidazole rings is 1. The van der Waals surface area contributed by atoms with Crippen molar-refractivity contribution in [1.82, 2.24) is 19.5 Å². The highest BCUT2D eigenvalue weighted by atomic mass is 28.3. The molecule has 0 saturated heterocycles. The normalized spacial score (nSPS) is 12.7. The third kappa shape index (κ3) is 5.80. The number of hydrogen-bond acceptors (Lipinski definition) is 3. The highest BCUT2D eigenvalue weighted by Gasteiger charge is 2.23. The monoisotopic (exact) mass is 460 g/mol. The number of nitrogens with one attached hydrogen (secondary N) is 2. The smallest absolute Gasteiger partial charge is 0.209 e. The van der Waals surface area contributed by atoms with Crippen LogP contribution < -0.4 is 0 Å². The SMILES string of the molecule is Cc1ccc(C(=O)c2ccc(C(c3cn(COCC[Si](C)(C)C)cn3)c3ccc[nH]3)[nH]2)cc1. The molecular weight excluding hydrogens is 428 g/mol. The number of rotatable bonds is 10. The van der Waals surface area contributed by atoms with Crippen molar-refractivity contribution in [1.29, 1.82) is 0 Å². The maximum atomic E-state index is 13.0. The summed E-state index contributed by atoms with van der Waals surface area (Å²) in [6.07, 6.45) is 5.73. The molecule has 0 aliphatic heterocycles. The zero-order chi connectivity index (χ0) is 23.4. The summed E-state index contributed by atoms with van der Waals surface area (Å²) in [6.45, 7) is 10.3. The van der Waals surface area contributed by atoms with Crippen LogP contribution in [0.15, 0.2) is 67.3 Å². The van der Waals surface area contributed by atoms with Crippen LogP contribution in [0.2, 0.25) is 25.7 Å². The Bertz CT molecular complexity index is 1180. The van der Waals surface area contributed by atoms with E-state index in [9.17, 15) is 4.79 Å². The molecule has 0 saturated carbocycles. The van der Waals surface area contributed by atoms with E-state index in [2.05, 4.69) is 34.6 Å². The molecule has 0 spiro atoms. The van der Waals surface area contributed by atoms with Crippen LogP contribution in [0.3, 0.4) is 0 Å². The van der Waals surface area contributed by atoms with Gasteiger partial charge in [-0.25, -0.2) is 4.98 Å². The predicted molar refractivity (Wildman–Crippen MR) is 133 cm³/mol. The van der Waals surface area contributed by atoms with Crippen LogP contribution in [-0.4, -0.2) is 40.0 Å². The molecule has 172 valence electrons. The molecule has 3 heterocycles. The fourth-order valence-electron chi connectivity index (χ4n) is 3.73. The van der Waals surface area contributed by atoms with E-state index in [-0.39, 0.29) is 11.7 Å². The summed E-state index contributed by atoms with van der Waals surface area (Å²) in [6, 6.07) is 16.6. The minimum absolute atomic E-state index is 0.0205. The Morgan fingerprint density at radius 3 is 2.58 bits per heavy atom. The molecule has 4 rings (SSSR count). The average molecular weight is 461 g/mol. The van der Waals surface area contributed by atoms with E-state index in [1.165, 1.54) is 0 Å². The maximum absolute atomic E-state index is 13.0. The summed E-state index contributed by atoms with van der Waals surface area (Å²) in [5.41, 5.74) is 5.19. The van der Waals surface area contributed by atoms with Crippen molar-refractivity contribution in [3.05, 3.63) is 101 Å². The van der Waals surface area contributed by atoms with E-state index in [1.807, 2.05) is 72.4 Å². The minimum atomic E-state index is -1.11. The van der Waals surface area contributed by atoms with Crippen LogP contribution in [0.4, 0.5) is 0 Å². The standard InChI is InChI=1S/C26H32N4O2Si/c1-19-7-9-20(10-8-19)26(31)23-12-11-22(29-23)25(21-6-5-13-27-21)24-16-30(17-28-24)18-32-14-15-33(2,3)4/h5-13,16-17,25,27,29H,14-15,18H2,1-4H3. The minimum Gasteiger partial charge on any atom is -0.364 e. The highest BCUT2D eigenvalue weighted by molar-refractivity contribution is 6.76. The lowest BCUT2D eigenvalue weighted by atomic mass is 9.98. The summed E-state index contributed by atoms with van der Waals surface area (Å²) < 4.78 is 7.84. The van der Waals surface area contributed by atoms with Crippen LogP contribution in [0, 0.1) is 6.92 Å². The first-order chi connectivity index (χ1) is 15.8. The number of aryl methyl sites for hydroxylation is 1. The van der Waals surface area contributed by atoms with Gasteiger partial charge in [-0.1, -0.05) is 49.5 Å². The van der Waals surface area contributed by atoms with E-state index >= 15 is 0 Å². The third-order valence-electron chi connectivity index (χ3n) is 5.70. The Balaban J connectivity index is 1.53. The van der Waals surface area contributed by atoms with Gasteiger partial charge in [-0.15, -0.1) is 0 Å². The third-order valence-corrected chi connectivity index (χ3v) is 7.40. The van der Waals surface area contributed by atoms with E-state index in [4.69, 9.17) is 4.74 Å². The number of aromatic nitrogens is 4. The summed E-state index contributed by atoms with van der Waals surface area (Å²) >= 11 is 0. The molecule has 0 fully saturated rings. The quantitative estimate of drug-likeness (QED) is 0.184. The lowest BCUT2D eigenvalue weighted by molar-refractivity contribution is 0.0871. The second-order valence-corrected chi connectivity index (χ2v) is 15.4. The highest BCUT2D eigenvalue weighted by Crippen LogP contribution is 2.29. The van der Waals surface area contributed by atoms with E-state index < -0.39 is 8.07 Å². The van der Waals surface area contributed by atoms with Gasteiger partial charge >= 0.3 is 0 Å². The number of benzene rings is 1. The number of ketones is 1. The van der Waals surface area contributed by atoms with E-state index in [0.29, 0.717) is 18.0 Å². The lowest BCUT2D eigenvalue weighted by Crippen LogP contribution is -2.21. The molecule has 6 nitrogen and oxygen atoms in total. The fraction of sp³-hybridized carbons (Fsp3) is 0.308. The Morgan fingerprint density at radius 2 is 1.88 bits per heavy atom. The number of hydrogen-bond donors (Lipinski definition) is 2. The molecule has 0 radical (unpaired) electrons. The number of carbonyl (C=O) groups is 1. The molecule has 2 N–H and O–H groups in total. The molecule has 0 bridgehead atoms. The molecule has 1 atom stereocenters. The first-order valence-corrected chi connectivity index (χ1v) is 15.0. The summed E-state index contributed by atoms with van der Waals surface area (Å²) in [7, 11) is -1.11. The Labute approximate surface area is 196 Å². The second kappa shape index (κ2) is 9.76. The van der Waals surface area contributed by atoms with Gasteiger partial charge in [-0.3, -0.25) is 4.79 Å². The number of carbonyl (C=O) groups excluding carboxylic acids is 1. The number of ether oxygens (including phenoxy) is 1. The zero-order valence-corrected chi connectivity index (χ0v) is 20.8. The lowest BCUT2D eigenvalue weighted by Gasteiger charge is -2.15. The molecular formula is C26H32N4O2Si. The van der Waals surface area contributed by atoms with Gasteiger partial charge in [0.05, 0.1) is 23.6 Å². The van der Waals surface area contributed by atoms with Crippen LogP contribution in [0.25, 0.3) is 0 Å². The van der Waals surface area contributed by atoms with Crippen molar-refractivity contribution < 1.29 is 9.53 Å². The van der Waals surface area contributed by atoms with Gasteiger partial charge in [0.2, 0.25) is 5.78 Å². The molecule has 4 aromatic rings. The molecule has 0 aliphatic carbocycles. The first kappa shape index (κ1) is 23.0. The molecule has 0 amide bonds. The molecule has 3 aromatic heterocycles. The Morgan fingerprint density at radius 1 is 1.09 bits per heavy atom. The molecule has 1 unspecified atom stereocenters. The zero-order valence-electron chi connectivity index (χ0n) is 19.8. The first-order valence-electron chi connectivity index (χ1n) is 11.3. The number of H-pyrrole nitrogens is 2. The summed E-state index contributed by atoms with van der Waals surface area (Å²) in [4.78, 5) is 24.3. The van der Waals surface area contributed by atoms with Gasteiger partial charge in [-0.05, 0) is 37.2 Å². The van der Waals surface area contributed by atoms with Crippen LogP contribution in [0.1, 0.15) is 44.6 Å². The topological polar surface area (TPSA) is 75.7 Å². The van der Waals surface area contributed by atoms with Gasteiger partial charge in [0.15, 0.2) is 0 Å². The summed E-state index contributed by atoms with van der Waals surface area (Å²) in [5, 5.41) is 0. The molecule has 1 aromatic carbocycles. The predicted octanol–water partition coefficient (Wildman–Crippen LogP) is 5.57. The number of aromatic amines is 2. The Hall–Kier alpha value is -3.16. The van der Waals surface area contributed by atoms with Gasteiger partial charge < -0.3 is 19.3 Å². The van der Waals surface area contributed by atoms with Crippen molar-refractivity contribution in [3.8, 4) is 0 Å². The molecule has 7 heteroatoms. The van der Waals surface area contributed by atoms with Gasteiger partial charge in [0.25, 0.3) is 0 Å². The van der Waals surface area contributed by atoms with E-state index in [1.54, 1.807) is 6.33 Å². The van der Waals surface area contributed by atoms with Crippen molar-refractivity contribution in [2.75, 3.05) is 6.61 Å². The van der Waals surface area contributed by atoms with Crippen molar-refractivity contribution in [3.63, 3.8) is 0 Å². The van der Waals surface area contributed by atoms with Gasteiger partial charge in [-0.2, -0.15) is 0 Å². The summed E-state index contributed by atoms with van der Waals surface area (Å²) in [5.74, 6) is -0.157. The Kier molecular flexibility index (Phi) is 6.81. The van der Waals surface area contributed by atoms with Crippen molar-refractivity contribution >= 4 is 13.9 Å². The fourth-order valence-corrected chi connectivity index (χ4v) is 4.49. The van der Waals surface area contributed by atoms with Crippen LogP contribution in [-0.2, 0) is 11.5 Å². The van der Waals surface area contributed by atoms with Crippen molar-refractivity contribution in [2.45, 2.75) is 45.3 Å². The van der Waals surface area contributed by atoms with Gasteiger partial charge in [0, 0.05) is 44.0 Å². The van der Waals surface area contributed by atoms with Crippen LogP contribution in [0.5, 0.6) is 0 Å². The van der Waals surface area contributed by atoms with Crippen molar-refractivity contribution in [2.24, 2.45) is 0 Å². The van der Waals surface area contributed by atoms with Crippen LogP contribution >= 0.6 is 0 Å². The maximum Gasteiger partial charge on any atom is 0.209 e. The number of nitrogens with zero attached hydrogens (tertiary/aromatic N) is 2. The largest absolute Gasteiger partial charge is 0.364 e. The van der Waals surface area contributed by atoms with Gasteiger partial charge in [0.1, 0.15) is 6.73 Å². The molecule has 33 heavy (non-hydrogen) atoms. The second-order valence-electron chi connectivity index (χ2n) is 9.74.